The standard InChI is InChI=1S/C12H20N6/c1-13-10-15-11(14-9-5-6-9)17-12(16-10)18-7-3-2-4-8-18/h9H,2-8H2,1H3,(H2,13,14,15,16,17). The molecule has 6 nitrogen and oxygen atoms in total. The van der Waals surface area contributed by atoms with E-state index in [9.17, 15) is 0 Å². The van der Waals surface area contributed by atoms with Crippen LogP contribution in [-0.2, 0) is 0 Å². The second-order valence-corrected chi connectivity index (χ2v) is 5.00. The molecular formula is C12H20N6. The van der Waals surface area contributed by atoms with E-state index in [1.54, 1.807) is 0 Å². The van der Waals surface area contributed by atoms with E-state index in [-0.39, 0.29) is 0 Å². The molecule has 1 saturated heterocycles. The fourth-order valence-corrected chi connectivity index (χ4v) is 2.19. The summed E-state index contributed by atoms with van der Waals surface area (Å²) in [7, 11) is 1.84. The number of nitrogens with one attached hydrogen (secondary N) is 2. The Hall–Kier alpha value is -1.59. The summed E-state index contributed by atoms with van der Waals surface area (Å²) in [4.78, 5) is 15.6. The molecule has 1 aliphatic carbocycles. The highest BCUT2D eigenvalue weighted by molar-refractivity contribution is 5.44. The van der Waals surface area contributed by atoms with E-state index >= 15 is 0 Å². The van der Waals surface area contributed by atoms with Gasteiger partial charge < -0.3 is 15.5 Å². The van der Waals surface area contributed by atoms with Crippen molar-refractivity contribution in [2.45, 2.75) is 38.1 Å². The number of rotatable bonds is 4. The topological polar surface area (TPSA) is 66.0 Å². The predicted molar refractivity (Wildman–Crippen MR) is 72.1 cm³/mol. The van der Waals surface area contributed by atoms with E-state index < -0.39 is 0 Å². The Morgan fingerprint density at radius 2 is 1.72 bits per heavy atom. The summed E-state index contributed by atoms with van der Waals surface area (Å²) in [5.41, 5.74) is 0. The zero-order valence-electron chi connectivity index (χ0n) is 10.8. The van der Waals surface area contributed by atoms with Crippen molar-refractivity contribution in [3.05, 3.63) is 0 Å². The minimum absolute atomic E-state index is 0.561. The van der Waals surface area contributed by atoms with Crippen LogP contribution in [0.5, 0.6) is 0 Å². The van der Waals surface area contributed by atoms with Crippen molar-refractivity contribution in [2.24, 2.45) is 0 Å². The summed E-state index contributed by atoms with van der Waals surface area (Å²) in [5, 5.41) is 6.35. The molecule has 2 fully saturated rings. The minimum atomic E-state index is 0.561. The predicted octanol–water partition coefficient (Wildman–Crippen LogP) is 1.48. The van der Waals surface area contributed by atoms with E-state index in [0.29, 0.717) is 17.9 Å². The number of anilines is 3. The van der Waals surface area contributed by atoms with Gasteiger partial charge in [-0.3, -0.25) is 0 Å². The summed E-state index contributed by atoms with van der Waals surface area (Å²) >= 11 is 0. The van der Waals surface area contributed by atoms with Gasteiger partial charge >= 0.3 is 0 Å². The van der Waals surface area contributed by atoms with Gasteiger partial charge in [0, 0.05) is 26.2 Å². The maximum absolute atomic E-state index is 4.54. The summed E-state index contributed by atoms with van der Waals surface area (Å²) in [6.07, 6.45) is 6.21. The molecule has 2 heterocycles. The number of nitrogens with zero attached hydrogens (tertiary/aromatic N) is 4. The van der Waals surface area contributed by atoms with Crippen molar-refractivity contribution in [1.29, 1.82) is 0 Å². The quantitative estimate of drug-likeness (QED) is 0.841. The Morgan fingerprint density at radius 3 is 2.39 bits per heavy atom. The fraction of sp³-hybridized carbons (Fsp3) is 0.750. The smallest absolute Gasteiger partial charge is 0.231 e. The Bertz CT molecular complexity index is 411. The second-order valence-electron chi connectivity index (χ2n) is 5.00. The Kier molecular flexibility index (Phi) is 3.17. The van der Waals surface area contributed by atoms with Crippen molar-refractivity contribution >= 4 is 17.8 Å². The molecular weight excluding hydrogens is 228 g/mol. The molecule has 0 unspecified atom stereocenters. The van der Waals surface area contributed by atoms with Gasteiger partial charge in [0.2, 0.25) is 17.8 Å². The first-order valence-corrected chi connectivity index (χ1v) is 6.80. The van der Waals surface area contributed by atoms with Gasteiger partial charge in [-0.25, -0.2) is 0 Å². The lowest BCUT2D eigenvalue weighted by Crippen LogP contribution is -2.31. The van der Waals surface area contributed by atoms with Crippen LogP contribution in [0.3, 0.4) is 0 Å². The molecule has 1 aliphatic heterocycles. The summed E-state index contributed by atoms with van der Waals surface area (Å²) < 4.78 is 0. The highest BCUT2D eigenvalue weighted by Crippen LogP contribution is 2.24. The van der Waals surface area contributed by atoms with Crippen LogP contribution in [0.4, 0.5) is 17.8 Å². The van der Waals surface area contributed by atoms with Crippen molar-refractivity contribution in [3.63, 3.8) is 0 Å². The van der Waals surface area contributed by atoms with Gasteiger partial charge in [0.05, 0.1) is 0 Å². The first-order valence-electron chi connectivity index (χ1n) is 6.80. The average molecular weight is 248 g/mol. The molecule has 0 bridgehead atoms. The summed E-state index contributed by atoms with van der Waals surface area (Å²) in [6, 6.07) is 0.561. The van der Waals surface area contributed by atoms with Crippen LogP contribution >= 0.6 is 0 Å². The molecule has 0 amide bonds. The van der Waals surface area contributed by atoms with Crippen LogP contribution in [-0.4, -0.2) is 41.1 Å². The van der Waals surface area contributed by atoms with Gasteiger partial charge in [-0.05, 0) is 32.1 Å². The zero-order valence-corrected chi connectivity index (χ0v) is 10.8. The monoisotopic (exact) mass is 248 g/mol. The molecule has 0 radical (unpaired) electrons. The van der Waals surface area contributed by atoms with Crippen LogP contribution in [0, 0.1) is 0 Å². The molecule has 0 atom stereocenters. The van der Waals surface area contributed by atoms with E-state index in [2.05, 4.69) is 30.5 Å². The Morgan fingerprint density at radius 1 is 1.00 bits per heavy atom. The molecule has 98 valence electrons. The van der Waals surface area contributed by atoms with E-state index in [0.717, 1.165) is 19.0 Å². The van der Waals surface area contributed by atoms with Crippen molar-refractivity contribution in [3.8, 4) is 0 Å². The van der Waals surface area contributed by atoms with Crippen LogP contribution in [0.25, 0.3) is 0 Å². The SMILES string of the molecule is CNc1nc(NC2CC2)nc(N2CCCCC2)n1. The number of hydrogen-bond acceptors (Lipinski definition) is 6. The first kappa shape index (κ1) is 11.5. The van der Waals surface area contributed by atoms with E-state index in [4.69, 9.17) is 0 Å². The summed E-state index contributed by atoms with van der Waals surface area (Å²) in [6.45, 7) is 2.10. The van der Waals surface area contributed by atoms with Crippen molar-refractivity contribution in [1.82, 2.24) is 15.0 Å². The number of piperidine rings is 1. The van der Waals surface area contributed by atoms with Crippen LogP contribution < -0.4 is 15.5 Å². The zero-order chi connectivity index (χ0) is 12.4. The lowest BCUT2D eigenvalue weighted by Gasteiger charge is -2.26. The molecule has 3 rings (SSSR count). The Labute approximate surface area is 107 Å². The number of aromatic nitrogens is 3. The lowest BCUT2D eigenvalue weighted by molar-refractivity contribution is 0.568. The molecule has 1 aromatic rings. The molecule has 2 N–H and O–H groups in total. The first-order chi connectivity index (χ1) is 8.85. The van der Waals surface area contributed by atoms with Gasteiger partial charge in [0.1, 0.15) is 0 Å². The van der Waals surface area contributed by atoms with Crippen LogP contribution in [0.1, 0.15) is 32.1 Å². The molecule has 2 aliphatic rings. The minimum Gasteiger partial charge on any atom is -0.357 e. The van der Waals surface area contributed by atoms with Gasteiger partial charge in [0.25, 0.3) is 0 Å². The maximum Gasteiger partial charge on any atom is 0.231 e. The molecule has 18 heavy (non-hydrogen) atoms. The third-order valence-corrected chi connectivity index (χ3v) is 3.40. The molecule has 6 heteroatoms. The maximum atomic E-state index is 4.54. The largest absolute Gasteiger partial charge is 0.357 e. The number of hydrogen-bond donors (Lipinski definition) is 2. The summed E-state index contributed by atoms with van der Waals surface area (Å²) in [5.74, 6) is 2.16. The van der Waals surface area contributed by atoms with Gasteiger partial charge in [-0.2, -0.15) is 15.0 Å². The normalized spacial score (nSPS) is 19.7. The third kappa shape index (κ3) is 2.63. The van der Waals surface area contributed by atoms with E-state index in [1.807, 2.05) is 7.05 Å². The molecule has 0 spiro atoms. The van der Waals surface area contributed by atoms with Crippen molar-refractivity contribution < 1.29 is 0 Å². The van der Waals surface area contributed by atoms with Crippen LogP contribution in [0.2, 0.25) is 0 Å². The molecule has 0 aromatic carbocycles. The highest BCUT2D eigenvalue weighted by Gasteiger charge is 2.23. The van der Waals surface area contributed by atoms with Gasteiger partial charge in [-0.1, -0.05) is 0 Å². The third-order valence-electron chi connectivity index (χ3n) is 3.40. The van der Waals surface area contributed by atoms with Crippen LogP contribution in [0.15, 0.2) is 0 Å². The molecule has 1 aromatic heterocycles. The van der Waals surface area contributed by atoms with Gasteiger partial charge in [0.15, 0.2) is 0 Å². The highest BCUT2D eigenvalue weighted by atomic mass is 15.3. The second kappa shape index (κ2) is 4.96. The molecule has 1 saturated carbocycles. The van der Waals surface area contributed by atoms with Crippen molar-refractivity contribution in [2.75, 3.05) is 35.7 Å². The average Bonchev–Trinajstić information content (AvgIpc) is 3.23. The lowest BCUT2D eigenvalue weighted by atomic mass is 10.1. The van der Waals surface area contributed by atoms with Gasteiger partial charge in [-0.15, -0.1) is 0 Å². The Balaban J connectivity index is 1.81. The fourth-order valence-electron chi connectivity index (χ4n) is 2.19. The van der Waals surface area contributed by atoms with E-state index in [1.165, 1.54) is 32.1 Å².